The molecule has 1 aromatic heterocycles. The number of carbonyl (C=O) groups is 2. The summed E-state index contributed by atoms with van der Waals surface area (Å²) in [4.78, 5) is 27.1. The van der Waals surface area contributed by atoms with Crippen LogP contribution < -0.4 is 5.32 Å². The Hall–Kier alpha value is -2.89. The molecule has 1 amide bonds. The number of carboxylic acids is 1. The molecule has 0 spiro atoms. The highest BCUT2D eigenvalue weighted by Crippen LogP contribution is 2.37. The number of carbonyl (C=O) groups excluding carboxylic acids is 1. The summed E-state index contributed by atoms with van der Waals surface area (Å²) in [5.74, 6) is 0.417. The van der Waals surface area contributed by atoms with Crippen molar-refractivity contribution in [1.29, 1.82) is 0 Å². The van der Waals surface area contributed by atoms with Crippen molar-refractivity contribution in [2.75, 3.05) is 11.9 Å². The maximum absolute atomic E-state index is 11.7. The number of aromatic nitrogens is 1. The summed E-state index contributed by atoms with van der Waals surface area (Å²) in [7, 11) is 0. The topological polar surface area (TPSA) is 88.5 Å². The van der Waals surface area contributed by atoms with Gasteiger partial charge >= 0.3 is 12.1 Å². The van der Waals surface area contributed by atoms with Gasteiger partial charge in [0.1, 0.15) is 0 Å². The molecule has 0 bridgehead atoms. The summed E-state index contributed by atoms with van der Waals surface area (Å²) in [6, 6.07) is 12.1. The van der Waals surface area contributed by atoms with Gasteiger partial charge in [0.05, 0.1) is 24.2 Å². The molecule has 160 valence electrons. The largest absolute Gasteiger partial charge is 0.481 e. The number of benzene rings is 1. The van der Waals surface area contributed by atoms with Crippen LogP contribution in [0.25, 0.3) is 11.3 Å². The summed E-state index contributed by atoms with van der Waals surface area (Å²) < 4.78 is 5.11. The minimum Gasteiger partial charge on any atom is -0.481 e. The molecular weight excluding hydrogens is 380 g/mol. The molecular formula is C24H30N2O4. The van der Waals surface area contributed by atoms with Crippen molar-refractivity contribution in [2.45, 2.75) is 51.9 Å². The van der Waals surface area contributed by atoms with E-state index < -0.39 is 12.1 Å². The van der Waals surface area contributed by atoms with E-state index in [4.69, 9.17) is 9.84 Å². The van der Waals surface area contributed by atoms with E-state index in [9.17, 15) is 9.59 Å². The number of pyridine rings is 1. The molecule has 30 heavy (non-hydrogen) atoms. The smallest absolute Gasteiger partial charge is 0.411 e. The van der Waals surface area contributed by atoms with E-state index in [0.717, 1.165) is 36.9 Å². The second kappa shape index (κ2) is 10.2. The van der Waals surface area contributed by atoms with Gasteiger partial charge in [0.15, 0.2) is 0 Å². The van der Waals surface area contributed by atoms with E-state index in [0.29, 0.717) is 30.0 Å². The van der Waals surface area contributed by atoms with Crippen LogP contribution in [-0.2, 0) is 9.53 Å². The quantitative estimate of drug-likeness (QED) is 0.611. The molecule has 1 saturated carbocycles. The fraction of sp³-hybridized carbons (Fsp3) is 0.458. The van der Waals surface area contributed by atoms with Crippen molar-refractivity contribution in [1.82, 2.24) is 4.98 Å². The van der Waals surface area contributed by atoms with Crippen molar-refractivity contribution in [2.24, 2.45) is 11.8 Å². The fourth-order valence-corrected chi connectivity index (χ4v) is 3.91. The van der Waals surface area contributed by atoms with Crippen LogP contribution >= 0.6 is 0 Å². The summed E-state index contributed by atoms with van der Waals surface area (Å²) in [6.07, 6.45) is 5.50. The molecule has 6 nitrogen and oxygen atoms in total. The number of nitrogens with one attached hydrogen (secondary N) is 1. The van der Waals surface area contributed by atoms with E-state index in [-0.39, 0.29) is 6.42 Å². The van der Waals surface area contributed by atoms with Gasteiger partial charge in [-0.3, -0.25) is 15.1 Å². The minimum atomic E-state index is -0.691. The molecule has 1 aromatic carbocycles. The van der Waals surface area contributed by atoms with Crippen LogP contribution in [-0.4, -0.2) is 28.8 Å². The molecule has 0 radical (unpaired) electrons. The molecule has 2 aromatic rings. The summed E-state index contributed by atoms with van der Waals surface area (Å²) in [6.45, 7) is 4.35. The molecule has 0 aliphatic heterocycles. The van der Waals surface area contributed by atoms with Crippen molar-refractivity contribution in [3.8, 4) is 11.3 Å². The number of ether oxygens (including phenoxy) is 1. The average Bonchev–Trinajstić information content (AvgIpc) is 2.73. The zero-order valence-electron chi connectivity index (χ0n) is 17.6. The first-order valence-electron chi connectivity index (χ1n) is 10.6. The number of hydrogen-bond donors (Lipinski definition) is 2. The highest BCUT2D eigenvalue weighted by molar-refractivity contribution is 5.84. The van der Waals surface area contributed by atoms with Crippen LogP contribution in [0.3, 0.4) is 0 Å². The molecule has 1 fully saturated rings. The zero-order chi connectivity index (χ0) is 21.5. The molecule has 0 atom stereocenters. The Labute approximate surface area is 177 Å². The molecule has 1 aliphatic rings. The van der Waals surface area contributed by atoms with Crippen LogP contribution in [0, 0.1) is 11.8 Å². The van der Waals surface area contributed by atoms with Gasteiger partial charge in [-0.2, -0.15) is 0 Å². The van der Waals surface area contributed by atoms with Crippen LogP contribution in [0.2, 0.25) is 0 Å². The van der Waals surface area contributed by atoms with Crippen molar-refractivity contribution in [3.63, 3.8) is 0 Å². The Balaban J connectivity index is 1.55. The first-order chi connectivity index (χ1) is 14.4. The third kappa shape index (κ3) is 6.31. The van der Waals surface area contributed by atoms with Gasteiger partial charge in [-0.1, -0.05) is 38.1 Å². The van der Waals surface area contributed by atoms with Gasteiger partial charge in [-0.25, -0.2) is 4.79 Å². The number of nitrogens with zero attached hydrogens (tertiary/aromatic N) is 1. The average molecular weight is 411 g/mol. The van der Waals surface area contributed by atoms with Crippen molar-refractivity contribution < 1.29 is 19.4 Å². The van der Waals surface area contributed by atoms with Crippen LogP contribution in [0.1, 0.15) is 57.4 Å². The third-order valence-corrected chi connectivity index (χ3v) is 5.55. The molecule has 2 N–H and O–H groups in total. The van der Waals surface area contributed by atoms with Crippen molar-refractivity contribution >= 4 is 17.7 Å². The lowest BCUT2D eigenvalue weighted by Crippen LogP contribution is -2.16. The SMILES string of the molecule is CC(C)COC(=O)Nc1ccc(-c2ccc(C3CCC(CC(=O)O)CC3)cc2)nc1. The lowest BCUT2D eigenvalue weighted by molar-refractivity contribution is -0.138. The van der Waals surface area contributed by atoms with E-state index >= 15 is 0 Å². The summed E-state index contributed by atoms with van der Waals surface area (Å²) >= 11 is 0. The number of carboxylic acid groups (broad SMARTS) is 1. The zero-order valence-corrected chi connectivity index (χ0v) is 17.6. The maximum Gasteiger partial charge on any atom is 0.411 e. The number of rotatable bonds is 7. The third-order valence-electron chi connectivity index (χ3n) is 5.55. The second-order valence-electron chi connectivity index (χ2n) is 8.49. The van der Waals surface area contributed by atoms with Gasteiger partial charge in [-0.15, -0.1) is 0 Å². The number of amides is 1. The molecule has 6 heteroatoms. The lowest BCUT2D eigenvalue weighted by atomic mass is 9.77. The number of aliphatic carboxylic acids is 1. The Kier molecular flexibility index (Phi) is 7.44. The van der Waals surface area contributed by atoms with Gasteiger partial charge in [0.2, 0.25) is 0 Å². The molecule has 1 aliphatic carbocycles. The standard InChI is InChI=1S/C24H30N2O4/c1-16(2)15-30-24(29)26-21-11-12-22(25-14-21)20-9-7-19(8-10-20)18-5-3-17(4-6-18)13-23(27)28/h7-12,14,16-18H,3-6,13,15H2,1-2H3,(H,26,29)(H,27,28). The first-order valence-corrected chi connectivity index (χ1v) is 10.6. The van der Waals surface area contributed by atoms with E-state index in [1.54, 1.807) is 6.20 Å². The number of hydrogen-bond acceptors (Lipinski definition) is 4. The fourth-order valence-electron chi connectivity index (χ4n) is 3.91. The first kappa shape index (κ1) is 21.8. The van der Waals surface area contributed by atoms with Gasteiger partial charge in [0, 0.05) is 12.0 Å². The van der Waals surface area contributed by atoms with Gasteiger partial charge in [-0.05, 0) is 61.1 Å². The summed E-state index contributed by atoms with van der Waals surface area (Å²) in [5, 5.41) is 11.6. The van der Waals surface area contributed by atoms with Crippen molar-refractivity contribution in [3.05, 3.63) is 48.2 Å². The highest BCUT2D eigenvalue weighted by Gasteiger charge is 2.23. The Morgan fingerprint density at radius 2 is 1.80 bits per heavy atom. The highest BCUT2D eigenvalue weighted by atomic mass is 16.5. The van der Waals surface area contributed by atoms with E-state index in [2.05, 4.69) is 34.6 Å². The summed E-state index contributed by atoms with van der Waals surface area (Å²) in [5.41, 5.74) is 3.76. The number of anilines is 1. The van der Waals surface area contributed by atoms with Gasteiger partial charge < -0.3 is 9.84 Å². The predicted octanol–water partition coefficient (Wildman–Crippen LogP) is 5.70. The Morgan fingerprint density at radius 3 is 2.37 bits per heavy atom. The minimum absolute atomic E-state index is 0.289. The molecule has 0 saturated heterocycles. The van der Waals surface area contributed by atoms with Crippen LogP contribution in [0.15, 0.2) is 42.6 Å². The van der Waals surface area contributed by atoms with Crippen LogP contribution in [0.5, 0.6) is 0 Å². The normalized spacial score (nSPS) is 18.8. The van der Waals surface area contributed by atoms with E-state index in [1.165, 1.54) is 5.56 Å². The van der Waals surface area contributed by atoms with Gasteiger partial charge in [0.25, 0.3) is 0 Å². The molecule has 0 unspecified atom stereocenters. The lowest BCUT2D eigenvalue weighted by Gasteiger charge is -2.28. The predicted molar refractivity (Wildman–Crippen MR) is 116 cm³/mol. The molecule has 1 heterocycles. The van der Waals surface area contributed by atoms with Crippen LogP contribution in [0.4, 0.5) is 10.5 Å². The molecule has 3 rings (SSSR count). The van der Waals surface area contributed by atoms with E-state index in [1.807, 2.05) is 26.0 Å². The second-order valence-corrected chi connectivity index (χ2v) is 8.49. The monoisotopic (exact) mass is 410 g/mol. The Morgan fingerprint density at radius 1 is 1.10 bits per heavy atom. The Bertz CT molecular complexity index is 839. The maximum atomic E-state index is 11.7.